The zero-order chi connectivity index (χ0) is 13.9. The summed E-state index contributed by atoms with van der Waals surface area (Å²) in [6.45, 7) is 2.04. The van der Waals surface area contributed by atoms with Gasteiger partial charge in [-0.2, -0.15) is 0 Å². The molecule has 1 saturated carbocycles. The molecule has 0 N–H and O–H groups in total. The molecule has 3 rings (SSSR count). The third kappa shape index (κ3) is 2.50. The quantitative estimate of drug-likeness (QED) is 0.857. The van der Waals surface area contributed by atoms with Crippen molar-refractivity contribution in [1.82, 2.24) is 14.5 Å². The van der Waals surface area contributed by atoms with Gasteiger partial charge in [0.2, 0.25) is 5.91 Å². The highest BCUT2D eigenvalue weighted by Gasteiger charge is 2.27. The predicted octanol–water partition coefficient (Wildman–Crippen LogP) is 3.41. The second-order valence-electron chi connectivity index (χ2n) is 5.58. The Morgan fingerprint density at radius 1 is 1.40 bits per heavy atom. The van der Waals surface area contributed by atoms with Crippen LogP contribution in [0, 0.1) is 11.8 Å². The first-order valence-corrected chi connectivity index (χ1v) is 7.24. The second-order valence-corrected chi connectivity index (χ2v) is 5.58. The molecule has 0 amide bonds. The molecular weight excluding hydrogens is 250 g/mol. The Morgan fingerprint density at radius 2 is 2.20 bits per heavy atom. The van der Waals surface area contributed by atoms with E-state index in [1.165, 1.54) is 25.7 Å². The third-order valence-electron chi connectivity index (χ3n) is 4.29. The van der Waals surface area contributed by atoms with Gasteiger partial charge in [-0.15, -0.1) is 0 Å². The fraction of sp³-hybridized carbons (Fsp3) is 0.438. The second kappa shape index (κ2) is 5.57. The highest BCUT2D eigenvalue weighted by molar-refractivity contribution is 5.82. The van der Waals surface area contributed by atoms with Crippen LogP contribution in [-0.4, -0.2) is 20.4 Å². The zero-order valence-electron chi connectivity index (χ0n) is 11.7. The number of pyridine rings is 1. The monoisotopic (exact) mass is 269 g/mol. The van der Waals surface area contributed by atoms with Crippen LogP contribution in [0.5, 0.6) is 0 Å². The van der Waals surface area contributed by atoms with Crippen LogP contribution < -0.4 is 0 Å². The first kappa shape index (κ1) is 13.0. The van der Waals surface area contributed by atoms with Crippen molar-refractivity contribution in [2.24, 2.45) is 11.8 Å². The molecule has 1 atom stereocenters. The molecule has 0 saturated heterocycles. The predicted molar refractivity (Wildman–Crippen MR) is 77.2 cm³/mol. The number of nitrogens with zero attached hydrogens (tertiary/aromatic N) is 3. The van der Waals surface area contributed by atoms with Crippen LogP contribution in [0.1, 0.15) is 37.4 Å². The van der Waals surface area contributed by atoms with Gasteiger partial charge in [-0.25, -0.2) is 4.98 Å². The summed E-state index contributed by atoms with van der Waals surface area (Å²) >= 11 is 0. The molecule has 104 valence electrons. The van der Waals surface area contributed by atoms with E-state index in [0.29, 0.717) is 5.92 Å². The van der Waals surface area contributed by atoms with E-state index < -0.39 is 0 Å². The molecule has 1 aliphatic carbocycles. The Balaban J connectivity index is 1.78. The number of rotatable bonds is 3. The number of hydrogen-bond acceptors (Lipinski definition) is 3. The summed E-state index contributed by atoms with van der Waals surface area (Å²) in [5.74, 6) is 0.764. The highest BCUT2D eigenvalue weighted by Crippen LogP contribution is 2.32. The lowest BCUT2D eigenvalue weighted by atomic mass is 9.92. The minimum absolute atomic E-state index is 0.0773. The van der Waals surface area contributed by atoms with Crippen molar-refractivity contribution in [3.63, 3.8) is 0 Å². The van der Waals surface area contributed by atoms with Crippen molar-refractivity contribution in [3.8, 4) is 11.3 Å². The van der Waals surface area contributed by atoms with Crippen molar-refractivity contribution in [1.29, 1.82) is 0 Å². The van der Waals surface area contributed by atoms with E-state index in [1.807, 2.05) is 25.3 Å². The summed E-state index contributed by atoms with van der Waals surface area (Å²) < 4.78 is 1.63. The van der Waals surface area contributed by atoms with Crippen molar-refractivity contribution < 1.29 is 4.79 Å². The lowest BCUT2D eigenvalue weighted by Gasteiger charge is -2.17. The lowest BCUT2D eigenvalue weighted by molar-refractivity contribution is 0.0800. The average molecular weight is 269 g/mol. The fourth-order valence-electron chi connectivity index (χ4n) is 3.00. The first-order valence-electron chi connectivity index (χ1n) is 7.24. The minimum Gasteiger partial charge on any atom is -0.275 e. The van der Waals surface area contributed by atoms with Gasteiger partial charge in [-0.3, -0.25) is 14.3 Å². The van der Waals surface area contributed by atoms with Crippen LogP contribution in [0.3, 0.4) is 0 Å². The van der Waals surface area contributed by atoms with E-state index in [1.54, 1.807) is 23.3 Å². The van der Waals surface area contributed by atoms with Crippen molar-refractivity contribution >= 4 is 5.91 Å². The van der Waals surface area contributed by atoms with Crippen molar-refractivity contribution in [2.75, 3.05) is 0 Å². The fourth-order valence-corrected chi connectivity index (χ4v) is 3.00. The number of aromatic nitrogens is 3. The minimum atomic E-state index is 0.0773. The summed E-state index contributed by atoms with van der Waals surface area (Å²) in [6.07, 6.45) is 11.8. The highest BCUT2D eigenvalue weighted by atomic mass is 16.2. The standard InChI is InChI=1S/C16H19N3O/c1-12(13-5-2-3-6-13)16(20)19-10-15(18-11-19)14-7-4-8-17-9-14/h4,7-13H,2-3,5-6H2,1H3. The van der Waals surface area contributed by atoms with Crippen LogP contribution >= 0.6 is 0 Å². The third-order valence-corrected chi connectivity index (χ3v) is 4.29. The SMILES string of the molecule is CC(C(=O)n1cnc(-c2cccnc2)c1)C1CCCC1. The van der Waals surface area contributed by atoms with Gasteiger partial charge < -0.3 is 0 Å². The van der Waals surface area contributed by atoms with E-state index in [2.05, 4.69) is 9.97 Å². The molecule has 2 aromatic heterocycles. The van der Waals surface area contributed by atoms with Gasteiger partial charge in [0.1, 0.15) is 6.33 Å². The maximum Gasteiger partial charge on any atom is 0.234 e. The first-order chi connectivity index (χ1) is 9.75. The average Bonchev–Trinajstić information content (AvgIpc) is 3.18. The van der Waals surface area contributed by atoms with Gasteiger partial charge in [0.05, 0.1) is 5.69 Å². The summed E-state index contributed by atoms with van der Waals surface area (Å²) in [6, 6.07) is 3.82. The van der Waals surface area contributed by atoms with E-state index >= 15 is 0 Å². The maximum atomic E-state index is 12.5. The molecule has 0 aromatic carbocycles. The molecule has 4 nitrogen and oxygen atoms in total. The summed E-state index contributed by atoms with van der Waals surface area (Å²) in [5, 5.41) is 0. The largest absolute Gasteiger partial charge is 0.275 e. The van der Waals surface area contributed by atoms with Gasteiger partial charge in [0, 0.05) is 30.1 Å². The lowest BCUT2D eigenvalue weighted by Crippen LogP contribution is -2.23. The van der Waals surface area contributed by atoms with E-state index in [-0.39, 0.29) is 11.8 Å². The summed E-state index contributed by atoms with van der Waals surface area (Å²) in [7, 11) is 0. The Bertz CT molecular complexity index is 585. The van der Waals surface area contributed by atoms with Gasteiger partial charge in [-0.05, 0) is 30.9 Å². The van der Waals surface area contributed by atoms with Gasteiger partial charge in [0.25, 0.3) is 0 Å². The molecule has 2 heterocycles. The zero-order valence-corrected chi connectivity index (χ0v) is 11.7. The molecule has 0 bridgehead atoms. The molecule has 4 heteroatoms. The van der Waals surface area contributed by atoms with Crippen molar-refractivity contribution in [2.45, 2.75) is 32.6 Å². The Labute approximate surface area is 118 Å². The van der Waals surface area contributed by atoms with Crippen molar-refractivity contribution in [3.05, 3.63) is 37.1 Å². The normalized spacial score (nSPS) is 17.2. The van der Waals surface area contributed by atoms with Crippen LogP contribution in [0.2, 0.25) is 0 Å². The molecule has 0 spiro atoms. The van der Waals surface area contributed by atoms with Gasteiger partial charge in [0.15, 0.2) is 0 Å². The molecule has 1 aliphatic rings. The van der Waals surface area contributed by atoms with Crippen LogP contribution in [0.25, 0.3) is 11.3 Å². The number of imidazole rings is 1. The van der Waals surface area contributed by atoms with Crippen LogP contribution in [0.15, 0.2) is 37.1 Å². The molecule has 2 aromatic rings. The maximum absolute atomic E-state index is 12.5. The molecule has 0 radical (unpaired) electrons. The summed E-state index contributed by atoms with van der Waals surface area (Å²) in [4.78, 5) is 20.9. The van der Waals surface area contributed by atoms with Gasteiger partial charge in [-0.1, -0.05) is 19.8 Å². The molecule has 20 heavy (non-hydrogen) atoms. The van der Waals surface area contributed by atoms with E-state index in [9.17, 15) is 4.79 Å². The van der Waals surface area contributed by atoms with Gasteiger partial charge >= 0.3 is 0 Å². The molecule has 1 unspecified atom stereocenters. The van der Waals surface area contributed by atoms with E-state index in [0.717, 1.165) is 11.3 Å². The molecule has 1 fully saturated rings. The number of hydrogen-bond donors (Lipinski definition) is 0. The van der Waals surface area contributed by atoms with E-state index in [4.69, 9.17) is 0 Å². The van der Waals surface area contributed by atoms with Crippen LogP contribution in [-0.2, 0) is 0 Å². The molecule has 0 aliphatic heterocycles. The molecular formula is C16H19N3O. The Hall–Kier alpha value is -1.97. The smallest absolute Gasteiger partial charge is 0.234 e. The Kier molecular flexibility index (Phi) is 3.63. The summed E-state index contributed by atoms with van der Waals surface area (Å²) in [5.41, 5.74) is 1.73. The topological polar surface area (TPSA) is 47.8 Å². The number of carbonyl (C=O) groups excluding carboxylic acids is 1. The Morgan fingerprint density at radius 3 is 2.90 bits per heavy atom. The van der Waals surface area contributed by atoms with Crippen LogP contribution in [0.4, 0.5) is 0 Å². The number of carbonyl (C=O) groups is 1.